The zero-order valence-electron chi connectivity index (χ0n) is 14.6. The van der Waals surface area contributed by atoms with Gasteiger partial charge in [0.2, 0.25) is 0 Å². The predicted molar refractivity (Wildman–Crippen MR) is 92.3 cm³/mol. The summed E-state index contributed by atoms with van der Waals surface area (Å²) in [6, 6.07) is 3.00. The van der Waals surface area contributed by atoms with E-state index in [2.05, 4.69) is 9.88 Å². The van der Waals surface area contributed by atoms with Crippen molar-refractivity contribution < 1.29 is 18.7 Å². The SMILES string of the molecule is COC(=O)c1cc(-n2cnc(C3CC3)c2)c(N2CC3(COC3)C2)cc1F. The highest BCUT2D eigenvalue weighted by molar-refractivity contribution is 5.91. The zero-order valence-corrected chi connectivity index (χ0v) is 14.6. The number of rotatable bonds is 4. The Morgan fingerprint density at radius 1 is 1.31 bits per heavy atom. The number of methoxy groups -OCH3 is 1. The molecule has 26 heavy (non-hydrogen) atoms. The zero-order chi connectivity index (χ0) is 17.9. The van der Waals surface area contributed by atoms with Crippen molar-refractivity contribution in [1.82, 2.24) is 9.55 Å². The van der Waals surface area contributed by atoms with Crippen LogP contribution in [0.5, 0.6) is 0 Å². The van der Waals surface area contributed by atoms with E-state index in [-0.39, 0.29) is 11.0 Å². The van der Waals surface area contributed by atoms with Crippen molar-refractivity contribution in [3.63, 3.8) is 0 Å². The van der Waals surface area contributed by atoms with Gasteiger partial charge in [0.25, 0.3) is 0 Å². The van der Waals surface area contributed by atoms with Crippen molar-refractivity contribution in [1.29, 1.82) is 0 Å². The van der Waals surface area contributed by atoms with Gasteiger partial charge in [0.15, 0.2) is 0 Å². The molecule has 3 aliphatic rings. The van der Waals surface area contributed by atoms with Crippen molar-refractivity contribution in [2.75, 3.05) is 38.3 Å². The molecule has 5 rings (SSSR count). The van der Waals surface area contributed by atoms with Crippen LogP contribution < -0.4 is 4.90 Å². The van der Waals surface area contributed by atoms with Gasteiger partial charge in [0.05, 0.1) is 54.7 Å². The lowest BCUT2D eigenvalue weighted by Gasteiger charge is -2.56. The summed E-state index contributed by atoms with van der Waals surface area (Å²) in [6.07, 6.45) is 6.05. The Morgan fingerprint density at radius 2 is 2.08 bits per heavy atom. The van der Waals surface area contributed by atoms with E-state index in [1.54, 1.807) is 12.4 Å². The van der Waals surface area contributed by atoms with E-state index in [9.17, 15) is 9.18 Å². The number of hydrogen-bond acceptors (Lipinski definition) is 5. The van der Waals surface area contributed by atoms with Gasteiger partial charge in [-0.3, -0.25) is 0 Å². The summed E-state index contributed by atoms with van der Waals surface area (Å²) in [5, 5.41) is 0. The molecule has 6 nitrogen and oxygen atoms in total. The molecule has 0 unspecified atom stereocenters. The molecule has 0 atom stereocenters. The molecule has 2 aromatic rings. The Kier molecular flexibility index (Phi) is 3.37. The number of anilines is 1. The summed E-state index contributed by atoms with van der Waals surface area (Å²) < 4.78 is 26.5. The van der Waals surface area contributed by atoms with Gasteiger partial charge in [0, 0.05) is 31.3 Å². The maximum Gasteiger partial charge on any atom is 0.340 e. The largest absolute Gasteiger partial charge is 0.465 e. The summed E-state index contributed by atoms with van der Waals surface area (Å²) >= 11 is 0. The average molecular weight is 357 g/mol. The quantitative estimate of drug-likeness (QED) is 0.787. The molecule has 1 aromatic heterocycles. The van der Waals surface area contributed by atoms with Crippen molar-refractivity contribution >= 4 is 11.7 Å². The molecule has 0 bridgehead atoms. The number of hydrogen-bond donors (Lipinski definition) is 0. The van der Waals surface area contributed by atoms with Crippen molar-refractivity contribution in [2.45, 2.75) is 18.8 Å². The van der Waals surface area contributed by atoms with E-state index in [4.69, 9.17) is 9.47 Å². The van der Waals surface area contributed by atoms with E-state index in [1.807, 2.05) is 10.8 Å². The molecule has 2 aliphatic heterocycles. The lowest BCUT2D eigenvalue weighted by atomic mass is 9.77. The van der Waals surface area contributed by atoms with Crippen LogP contribution in [-0.4, -0.2) is 48.9 Å². The molecule has 2 saturated heterocycles. The maximum atomic E-state index is 14.6. The van der Waals surface area contributed by atoms with Crippen LogP contribution in [0.2, 0.25) is 0 Å². The summed E-state index contributed by atoms with van der Waals surface area (Å²) in [4.78, 5) is 18.6. The molecule has 0 N–H and O–H groups in total. The first-order valence-corrected chi connectivity index (χ1v) is 8.87. The third-order valence-corrected chi connectivity index (χ3v) is 5.56. The van der Waals surface area contributed by atoms with Gasteiger partial charge in [-0.2, -0.15) is 0 Å². The third kappa shape index (κ3) is 2.41. The number of benzene rings is 1. The van der Waals surface area contributed by atoms with Gasteiger partial charge in [-0.1, -0.05) is 0 Å². The Morgan fingerprint density at radius 3 is 2.69 bits per heavy atom. The summed E-state index contributed by atoms with van der Waals surface area (Å²) in [5.41, 5.74) is 2.72. The van der Waals surface area contributed by atoms with Crippen LogP contribution in [0, 0.1) is 11.2 Å². The van der Waals surface area contributed by atoms with E-state index in [0.29, 0.717) is 5.92 Å². The minimum atomic E-state index is -0.676. The second-order valence-corrected chi connectivity index (χ2v) is 7.64. The van der Waals surface area contributed by atoms with E-state index in [1.165, 1.54) is 13.2 Å². The molecular formula is C19H20FN3O3. The highest BCUT2D eigenvalue weighted by Crippen LogP contribution is 2.43. The van der Waals surface area contributed by atoms with Gasteiger partial charge in [-0.15, -0.1) is 0 Å². The van der Waals surface area contributed by atoms with Gasteiger partial charge < -0.3 is 18.9 Å². The van der Waals surface area contributed by atoms with Crippen LogP contribution in [0.4, 0.5) is 10.1 Å². The van der Waals surface area contributed by atoms with Gasteiger partial charge in [-0.05, 0) is 18.9 Å². The van der Waals surface area contributed by atoms with Crippen LogP contribution in [0.1, 0.15) is 34.8 Å². The summed E-state index contributed by atoms with van der Waals surface area (Å²) in [6.45, 7) is 3.19. The maximum absolute atomic E-state index is 14.6. The van der Waals surface area contributed by atoms with Crippen LogP contribution in [0.15, 0.2) is 24.7 Å². The Hall–Kier alpha value is -2.41. The van der Waals surface area contributed by atoms with E-state index >= 15 is 0 Å². The Bertz CT molecular complexity index is 878. The molecule has 0 radical (unpaired) electrons. The number of halogens is 1. The van der Waals surface area contributed by atoms with Crippen molar-refractivity contribution in [3.8, 4) is 5.69 Å². The predicted octanol–water partition coefficient (Wildman–Crippen LogP) is 2.51. The fraction of sp³-hybridized carbons (Fsp3) is 0.474. The first-order valence-electron chi connectivity index (χ1n) is 8.87. The number of ether oxygens (including phenoxy) is 2. The number of nitrogens with zero attached hydrogens (tertiary/aromatic N) is 3. The topological polar surface area (TPSA) is 56.6 Å². The molecule has 3 heterocycles. The second kappa shape index (κ2) is 5.54. The number of imidazole rings is 1. The third-order valence-electron chi connectivity index (χ3n) is 5.56. The lowest BCUT2D eigenvalue weighted by molar-refractivity contribution is -0.127. The monoisotopic (exact) mass is 357 g/mol. The molecule has 7 heteroatoms. The minimum absolute atomic E-state index is 0.0601. The highest BCUT2D eigenvalue weighted by Gasteiger charge is 2.49. The van der Waals surface area contributed by atoms with Gasteiger partial charge >= 0.3 is 5.97 Å². The number of carbonyl (C=O) groups is 1. The van der Waals surface area contributed by atoms with Crippen molar-refractivity contribution in [3.05, 3.63) is 41.7 Å². The highest BCUT2D eigenvalue weighted by atomic mass is 19.1. The molecule has 1 spiro atoms. The molecule has 3 fully saturated rings. The van der Waals surface area contributed by atoms with Crippen LogP contribution in [0.25, 0.3) is 5.69 Å². The van der Waals surface area contributed by atoms with Gasteiger partial charge in [0.1, 0.15) is 5.82 Å². The molecule has 1 aliphatic carbocycles. The first kappa shape index (κ1) is 15.8. The smallest absolute Gasteiger partial charge is 0.340 e. The molecular weight excluding hydrogens is 337 g/mol. The fourth-order valence-electron chi connectivity index (χ4n) is 3.84. The van der Waals surface area contributed by atoms with Crippen molar-refractivity contribution in [2.24, 2.45) is 5.41 Å². The molecule has 0 amide bonds. The molecule has 136 valence electrons. The first-order chi connectivity index (χ1) is 12.6. The van der Waals surface area contributed by atoms with Crippen LogP contribution >= 0.6 is 0 Å². The Labute approximate surface area is 150 Å². The second-order valence-electron chi connectivity index (χ2n) is 7.64. The van der Waals surface area contributed by atoms with Crippen LogP contribution in [-0.2, 0) is 9.47 Å². The minimum Gasteiger partial charge on any atom is -0.465 e. The lowest BCUT2D eigenvalue weighted by Crippen LogP contribution is -2.66. The average Bonchev–Trinajstić information content (AvgIpc) is 3.29. The summed E-state index contributed by atoms with van der Waals surface area (Å²) in [5.74, 6) is -0.714. The number of aromatic nitrogens is 2. The fourth-order valence-corrected chi connectivity index (χ4v) is 3.84. The van der Waals surface area contributed by atoms with Crippen LogP contribution in [0.3, 0.4) is 0 Å². The number of esters is 1. The van der Waals surface area contributed by atoms with Gasteiger partial charge in [-0.25, -0.2) is 14.2 Å². The van der Waals surface area contributed by atoms with E-state index < -0.39 is 11.8 Å². The number of carbonyl (C=O) groups excluding carboxylic acids is 1. The molecule has 1 saturated carbocycles. The standard InChI is InChI=1S/C19H20FN3O3/c1-25-18(24)13-4-16(22-6-15(21-11-22)12-2-3-12)17(5-14(13)20)23-7-19(8-23)9-26-10-19/h4-6,11-12H,2-3,7-10H2,1H3. The normalized spacial score (nSPS) is 20.6. The Balaban J connectivity index is 1.55. The van der Waals surface area contributed by atoms with E-state index in [0.717, 1.165) is 56.2 Å². The molecule has 1 aromatic carbocycles. The summed E-state index contributed by atoms with van der Waals surface area (Å²) in [7, 11) is 1.26.